The van der Waals surface area contributed by atoms with Crippen molar-refractivity contribution >= 4 is 12.1 Å². The van der Waals surface area contributed by atoms with E-state index in [9.17, 15) is 19.8 Å². The largest absolute Gasteiger partial charge is 0.507 e. The average Bonchev–Trinajstić information content (AvgIpc) is 2.57. The molecule has 0 saturated heterocycles. The Kier molecular flexibility index (Phi) is 4.32. The van der Waals surface area contributed by atoms with Gasteiger partial charge in [0.2, 0.25) is 0 Å². The second-order valence-electron chi connectivity index (χ2n) is 8.73. The first-order valence-electron chi connectivity index (χ1n) is 9.28. The number of carbonyl (C=O) groups excluding carboxylic acids is 2. The summed E-state index contributed by atoms with van der Waals surface area (Å²) in [6.07, 6.45) is 3.39. The molecule has 1 fully saturated rings. The molecule has 0 radical (unpaired) electrons. The van der Waals surface area contributed by atoms with Crippen molar-refractivity contribution in [2.75, 3.05) is 7.11 Å². The molecule has 1 saturated carbocycles. The van der Waals surface area contributed by atoms with Crippen LogP contribution in [0.3, 0.4) is 0 Å². The van der Waals surface area contributed by atoms with Crippen LogP contribution < -0.4 is 4.74 Å². The van der Waals surface area contributed by atoms with Crippen molar-refractivity contribution in [3.8, 4) is 17.2 Å². The minimum atomic E-state index is -0.977. The van der Waals surface area contributed by atoms with Crippen molar-refractivity contribution in [3.63, 3.8) is 0 Å². The summed E-state index contributed by atoms with van der Waals surface area (Å²) in [6.45, 7) is 7.87. The van der Waals surface area contributed by atoms with E-state index in [0.29, 0.717) is 12.0 Å². The quantitative estimate of drug-likeness (QED) is 0.627. The molecule has 1 aromatic carbocycles. The Bertz CT molecular complexity index is 777. The molecule has 2 aliphatic carbocycles. The second-order valence-corrected chi connectivity index (χ2v) is 8.73. The summed E-state index contributed by atoms with van der Waals surface area (Å²) in [4.78, 5) is 25.4. The lowest BCUT2D eigenvalue weighted by Gasteiger charge is -2.52. The van der Waals surface area contributed by atoms with E-state index in [4.69, 9.17) is 4.74 Å². The fraction of sp³-hybridized carbons (Fsp3) is 0.619. The van der Waals surface area contributed by atoms with Crippen LogP contribution in [-0.4, -0.2) is 29.4 Å². The van der Waals surface area contributed by atoms with Crippen LogP contribution in [0.25, 0.3) is 0 Å². The van der Waals surface area contributed by atoms with E-state index in [1.54, 1.807) is 0 Å². The Hall–Kier alpha value is -2.04. The molecule has 0 unspecified atom stereocenters. The number of ether oxygens (including phenoxy) is 1. The number of benzene rings is 1. The lowest BCUT2D eigenvalue weighted by Crippen LogP contribution is -2.52. The van der Waals surface area contributed by atoms with Gasteiger partial charge in [0.1, 0.15) is 12.0 Å². The molecule has 3 rings (SSSR count). The van der Waals surface area contributed by atoms with E-state index in [1.165, 1.54) is 7.11 Å². The van der Waals surface area contributed by atoms with E-state index in [-0.39, 0.29) is 57.8 Å². The first-order valence-corrected chi connectivity index (χ1v) is 9.28. The highest BCUT2D eigenvalue weighted by Gasteiger charge is 2.57. The molecular formula is C21H28O5. The maximum absolute atomic E-state index is 13.0. The topological polar surface area (TPSA) is 83.8 Å². The van der Waals surface area contributed by atoms with Crippen molar-refractivity contribution in [1.29, 1.82) is 0 Å². The maximum atomic E-state index is 13.0. The van der Waals surface area contributed by atoms with Gasteiger partial charge in [-0.2, -0.15) is 0 Å². The molecule has 5 nitrogen and oxygen atoms in total. The highest BCUT2D eigenvalue weighted by Crippen LogP contribution is 2.61. The molecule has 5 heteroatoms. The molecule has 0 bridgehead atoms. The molecule has 2 atom stereocenters. The number of methoxy groups -OCH3 is 1. The summed E-state index contributed by atoms with van der Waals surface area (Å²) in [5, 5.41) is 22.0. The van der Waals surface area contributed by atoms with Gasteiger partial charge in [-0.1, -0.05) is 34.1 Å². The van der Waals surface area contributed by atoms with Gasteiger partial charge < -0.3 is 19.7 Å². The Morgan fingerprint density at radius 3 is 2.38 bits per heavy atom. The fourth-order valence-corrected chi connectivity index (χ4v) is 5.31. The molecule has 0 heterocycles. The zero-order valence-corrected chi connectivity index (χ0v) is 16.2. The summed E-state index contributed by atoms with van der Waals surface area (Å²) >= 11 is 0. The summed E-state index contributed by atoms with van der Waals surface area (Å²) in [5.74, 6) is -0.739. The highest BCUT2D eigenvalue weighted by atomic mass is 16.5. The summed E-state index contributed by atoms with van der Waals surface area (Å²) in [7, 11) is 1.42. The third-order valence-electron chi connectivity index (χ3n) is 6.54. The van der Waals surface area contributed by atoms with E-state index < -0.39 is 5.41 Å². The zero-order valence-electron chi connectivity index (χ0n) is 16.2. The van der Waals surface area contributed by atoms with Crippen LogP contribution in [0.5, 0.6) is 17.2 Å². The number of hydrogen-bond acceptors (Lipinski definition) is 5. The number of carbonyl (C=O) groups is 2. The first-order chi connectivity index (χ1) is 12.1. The first kappa shape index (κ1) is 18.7. The Balaban J connectivity index is 2.43. The average molecular weight is 360 g/mol. The number of fused-ring (bicyclic) bond motifs is 3. The predicted octanol–water partition coefficient (Wildman–Crippen LogP) is 4.08. The molecule has 0 aromatic heterocycles. The normalized spacial score (nSPS) is 27.0. The van der Waals surface area contributed by atoms with Gasteiger partial charge in [0.05, 0.1) is 18.1 Å². The predicted molar refractivity (Wildman–Crippen MR) is 98.2 cm³/mol. The number of Topliss-reactive ketones (excluding diaryl/α,β-unsaturated/α-hetero) is 1. The van der Waals surface area contributed by atoms with Gasteiger partial charge in [-0.3, -0.25) is 4.79 Å². The Labute approximate surface area is 154 Å². The van der Waals surface area contributed by atoms with Gasteiger partial charge in [-0.05, 0) is 30.1 Å². The molecule has 0 spiro atoms. The molecular weight excluding hydrogens is 332 g/mol. The minimum Gasteiger partial charge on any atom is -0.507 e. The molecule has 1 aromatic rings. The SMILES string of the molecule is COc1c(O)c2c(c(O)c1C(C)C)C(=O)C[C@H]1C(C)(C)CCC[C@]21C=O. The van der Waals surface area contributed by atoms with E-state index >= 15 is 0 Å². The number of hydrogen-bond donors (Lipinski definition) is 2. The van der Waals surface area contributed by atoms with E-state index in [2.05, 4.69) is 13.8 Å². The standard InChI is InChI=1S/C21H28O5/c1-11(2)14-17(24)15-12(23)9-13-20(3,4)7-6-8-21(13,10-22)16(15)18(25)19(14)26-5/h10-11,13,24-25H,6-9H2,1-5H3/t13-,21+/m0/s1. The monoisotopic (exact) mass is 360 g/mol. The Morgan fingerprint density at radius 2 is 1.85 bits per heavy atom. The summed E-state index contributed by atoms with van der Waals surface area (Å²) in [5.41, 5.74) is -0.409. The lowest BCUT2D eigenvalue weighted by molar-refractivity contribution is -0.119. The van der Waals surface area contributed by atoms with Crippen LogP contribution in [-0.2, 0) is 10.2 Å². The third-order valence-corrected chi connectivity index (χ3v) is 6.54. The van der Waals surface area contributed by atoms with Gasteiger partial charge in [-0.25, -0.2) is 0 Å². The van der Waals surface area contributed by atoms with Crippen LogP contribution in [0.4, 0.5) is 0 Å². The van der Waals surface area contributed by atoms with Crippen molar-refractivity contribution in [2.24, 2.45) is 11.3 Å². The van der Waals surface area contributed by atoms with Gasteiger partial charge in [0.25, 0.3) is 0 Å². The number of ketones is 1. The molecule has 2 aliphatic rings. The third kappa shape index (κ3) is 2.29. The number of phenolic OH excluding ortho intramolecular Hbond substituents is 2. The van der Waals surface area contributed by atoms with Crippen LogP contribution in [0.1, 0.15) is 80.8 Å². The molecule has 0 aliphatic heterocycles. The lowest BCUT2D eigenvalue weighted by atomic mass is 9.49. The highest BCUT2D eigenvalue weighted by molar-refractivity contribution is 6.05. The summed E-state index contributed by atoms with van der Waals surface area (Å²) in [6, 6.07) is 0. The number of aldehydes is 1. The number of aromatic hydroxyl groups is 2. The van der Waals surface area contributed by atoms with Crippen molar-refractivity contribution in [2.45, 2.75) is 64.7 Å². The maximum Gasteiger partial charge on any atom is 0.167 e. The van der Waals surface area contributed by atoms with Gasteiger partial charge in [0, 0.05) is 17.5 Å². The molecule has 142 valence electrons. The molecule has 2 N–H and O–H groups in total. The van der Waals surface area contributed by atoms with Gasteiger partial charge in [-0.15, -0.1) is 0 Å². The van der Waals surface area contributed by atoms with Crippen molar-refractivity contribution < 1.29 is 24.5 Å². The van der Waals surface area contributed by atoms with E-state index in [0.717, 1.165) is 19.1 Å². The molecule has 26 heavy (non-hydrogen) atoms. The van der Waals surface area contributed by atoms with Crippen LogP contribution >= 0.6 is 0 Å². The van der Waals surface area contributed by atoms with Crippen LogP contribution in [0, 0.1) is 11.3 Å². The van der Waals surface area contributed by atoms with Crippen molar-refractivity contribution in [1.82, 2.24) is 0 Å². The van der Waals surface area contributed by atoms with E-state index in [1.807, 2.05) is 13.8 Å². The molecule has 0 amide bonds. The minimum absolute atomic E-state index is 0.105. The number of rotatable bonds is 3. The smallest absolute Gasteiger partial charge is 0.167 e. The van der Waals surface area contributed by atoms with Crippen LogP contribution in [0.15, 0.2) is 0 Å². The Morgan fingerprint density at radius 1 is 1.19 bits per heavy atom. The van der Waals surface area contributed by atoms with Gasteiger partial charge in [0.15, 0.2) is 17.3 Å². The van der Waals surface area contributed by atoms with Crippen molar-refractivity contribution in [3.05, 3.63) is 16.7 Å². The number of phenols is 2. The fourth-order valence-electron chi connectivity index (χ4n) is 5.31. The second kappa shape index (κ2) is 6.00. The summed E-state index contributed by atoms with van der Waals surface area (Å²) < 4.78 is 5.40. The zero-order chi connectivity index (χ0) is 19.4. The van der Waals surface area contributed by atoms with Gasteiger partial charge >= 0.3 is 0 Å². The van der Waals surface area contributed by atoms with Crippen LogP contribution in [0.2, 0.25) is 0 Å².